The first kappa shape index (κ1) is 13.7. The summed E-state index contributed by atoms with van der Waals surface area (Å²) < 4.78 is 7.20. The molecule has 0 radical (unpaired) electrons. The minimum Gasteiger partial charge on any atom is -0.459 e. The summed E-state index contributed by atoms with van der Waals surface area (Å²) in [5.41, 5.74) is 2.82. The molecule has 2 heterocycles. The van der Waals surface area contributed by atoms with E-state index in [-0.39, 0.29) is 5.97 Å². The van der Waals surface area contributed by atoms with E-state index in [2.05, 4.69) is 4.98 Å². The molecule has 19 heavy (non-hydrogen) atoms. The van der Waals surface area contributed by atoms with Crippen molar-refractivity contribution in [1.82, 2.24) is 4.98 Å². The van der Waals surface area contributed by atoms with E-state index < -0.39 is 0 Å². The quantitative estimate of drug-likeness (QED) is 0.598. The van der Waals surface area contributed by atoms with Crippen LogP contribution in [-0.2, 0) is 22.5 Å². The number of rotatable bonds is 6. The van der Waals surface area contributed by atoms with Crippen LogP contribution in [0.25, 0.3) is 0 Å². The van der Waals surface area contributed by atoms with E-state index in [1.807, 2.05) is 47.6 Å². The first-order chi connectivity index (χ1) is 9.25. The number of carbonyl (C=O) groups is 1. The molecule has 0 aliphatic heterocycles. The Balaban J connectivity index is 1.66. The van der Waals surface area contributed by atoms with Gasteiger partial charge in [-0.15, -0.1) is 11.3 Å². The molecule has 0 bridgehead atoms. The van der Waals surface area contributed by atoms with Gasteiger partial charge in [0.2, 0.25) is 0 Å². The van der Waals surface area contributed by atoms with E-state index >= 15 is 0 Å². The van der Waals surface area contributed by atoms with Crippen LogP contribution >= 0.6 is 11.3 Å². The Morgan fingerprint density at radius 1 is 1.37 bits per heavy atom. The molecule has 0 aliphatic rings. The zero-order chi connectivity index (χ0) is 13.5. The van der Waals surface area contributed by atoms with Crippen LogP contribution in [0.5, 0.6) is 0 Å². The smallest absolute Gasteiger partial charge is 0.306 e. The van der Waals surface area contributed by atoms with Crippen LogP contribution < -0.4 is 4.57 Å². The fourth-order valence-electron chi connectivity index (χ4n) is 1.70. The predicted octanol–water partition coefficient (Wildman–Crippen LogP) is 1.92. The lowest BCUT2D eigenvalue weighted by atomic mass is 10.2. The number of esters is 1. The summed E-state index contributed by atoms with van der Waals surface area (Å²) in [6.45, 7) is 3.06. The minimum atomic E-state index is -0.149. The first-order valence-electron chi connectivity index (χ1n) is 6.24. The average molecular weight is 277 g/mol. The standard InChI is InChI=1S/C14H17N2O2S/c1-12-13(19-11-15-12)5-6-14(17)18-10-9-16-7-3-2-4-8-16/h2-4,7-8,11H,5-6,9-10H2,1H3/q+1. The number of hydrogen-bond acceptors (Lipinski definition) is 4. The van der Waals surface area contributed by atoms with E-state index in [9.17, 15) is 4.79 Å². The fourth-order valence-corrected chi connectivity index (χ4v) is 2.48. The summed E-state index contributed by atoms with van der Waals surface area (Å²) in [6.07, 6.45) is 5.04. The number of aromatic nitrogens is 2. The van der Waals surface area contributed by atoms with Crippen molar-refractivity contribution in [2.45, 2.75) is 26.3 Å². The highest BCUT2D eigenvalue weighted by atomic mass is 32.1. The monoisotopic (exact) mass is 277 g/mol. The zero-order valence-corrected chi connectivity index (χ0v) is 11.7. The predicted molar refractivity (Wildman–Crippen MR) is 72.8 cm³/mol. The van der Waals surface area contributed by atoms with Gasteiger partial charge in [-0.05, 0) is 13.3 Å². The summed E-state index contributed by atoms with van der Waals surface area (Å²) >= 11 is 1.59. The summed E-state index contributed by atoms with van der Waals surface area (Å²) in [7, 11) is 0. The molecule has 2 rings (SSSR count). The molecule has 100 valence electrons. The van der Waals surface area contributed by atoms with Crippen LogP contribution in [0, 0.1) is 6.92 Å². The highest BCUT2D eigenvalue weighted by Gasteiger charge is 2.08. The second kappa shape index (κ2) is 6.99. The van der Waals surface area contributed by atoms with Crippen LogP contribution in [0.2, 0.25) is 0 Å². The maximum atomic E-state index is 11.6. The van der Waals surface area contributed by atoms with Crippen molar-refractivity contribution in [3.05, 3.63) is 46.7 Å². The van der Waals surface area contributed by atoms with E-state index in [0.29, 0.717) is 26.0 Å². The molecule has 0 aromatic carbocycles. The third-order valence-corrected chi connectivity index (χ3v) is 3.79. The SMILES string of the molecule is Cc1ncsc1CCC(=O)OCC[n+]1ccccc1. The van der Waals surface area contributed by atoms with Gasteiger partial charge in [-0.3, -0.25) is 4.79 Å². The second-order valence-corrected chi connectivity index (χ2v) is 5.13. The molecule has 0 unspecified atom stereocenters. The molecule has 0 saturated heterocycles. The van der Waals surface area contributed by atoms with Gasteiger partial charge < -0.3 is 4.74 Å². The molecule has 0 amide bonds. The average Bonchev–Trinajstić information content (AvgIpc) is 2.83. The summed E-state index contributed by atoms with van der Waals surface area (Å²) in [5.74, 6) is -0.149. The molecule has 0 fully saturated rings. The zero-order valence-electron chi connectivity index (χ0n) is 10.9. The van der Waals surface area contributed by atoms with Gasteiger partial charge in [-0.25, -0.2) is 9.55 Å². The Kier molecular flexibility index (Phi) is 5.03. The number of thiazole rings is 1. The lowest BCUT2D eigenvalue weighted by Crippen LogP contribution is -2.35. The summed E-state index contributed by atoms with van der Waals surface area (Å²) in [5, 5.41) is 0. The lowest BCUT2D eigenvalue weighted by Gasteiger charge is -2.02. The highest BCUT2D eigenvalue weighted by molar-refractivity contribution is 7.09. The van der Waals surface area contributed by atoms with Crippen molar-refractivity contribution in [2.75, 3.05) is 6.61 Å². The molecule has 0 N–H and O–H groups in total. The van der Waals surface area contributed by atoms with E-state index in [1.54, 1.807) is 11.3 Å². The molecule has 0 aliphatic carbocycles. The third kappa shape index (κ3) is 4.44. The van der Waals surface area contributed by atoms with Crippen LogP contribution in [-0.4, -0.2) is 17.6 Å². The number of aryl methyl sites for hydroxylation is 2. The van der Waals surface area contributed by atoms with Crippen molar-refractivity contribution in [1.29, 1.82) is 0 Å². The van der Waals surface area contributed by atoms with Gasteiger partial charge in [-0.2, -0.15) is 0 Å². The number of hydrogen-bond donors (Lipinski definition) is 0. The summed E-state index contributed by atoms with van der Waals surface area (Å²) in [6, 6.07) is 5.86. The largest absolute Gasteiger partial charge is 0.459 e. The second-order valence-electron chi connectivity index (χ2n) is 4.19. The molecule has 5 heteroatoms. The van der Waals surface area contributed by atoms with Gasteiger partial charge >= 0.3 is 5.97 Å². The highest BCUT2D eigenvalue weighted by Crippen LogP contribution is 2.14. The van der Waals surface area contributed by atoms with Crippen LogP contribution in [0.1, 0.15) is 17.0 Å². The lowest BCUT2D eigenvalue weighted by molar-refractivity contribution is -0.697. The van der Waals surface area contributed by atoms with Crippen molar-refractivity contribution >= 4 is 17.3 Å². The number of carbonyl (C=O) groups excluding carboxylic acids is 1. The van der Waals surface area contributed by atoms with Crippen LogP contribution in [0.3, 0.4) is 0 Å². The maximum Gasteiger partial charge on any atom is 0.306 e. The van der Waals surface area contributed by atoms with E-state index in [4.69, 9.17) is 4.74 Å². The van der Waals surface area contributed by atoms with E-state index in [0.717, 1.165) is 10.6 Å². The fraction of sp³-hybridized carbons (Fsp3) is 0.357. The Bertz CT molecular complexity index is 525. The number of ether oxygens (including phenoxy) is 1. The number of nitrogens with zero attached hydrogens (tertiary/aromatic N) is 2. The minimum absolute atomic E-state index is 0.149. The molecule has 0 saturated carbocycles. The Morgan fingerprint density at radius 3 is 2.84 bits per heavy atom. The Morgan fingerprint density at radius 2 is 2.16 bits per heavy atom. The number of pyridine rings is 1. The Hall–Kier alpha value is -1.75. The summed E-state index contributed by atoms with van der Waals surface area (Å²) in [4.78, 5) is 16.9. The van der Waals surface area contributed by atoms with Crippen LogP contribution in [0.4, 0.5) is 0 Å². The van der Waals surface area contributed by atoms with Crippen molar-refractivity contribution in [2.24, 2.45) is 0 Å². The van der Waals surface area contributed by atoms with Gasteiger partial charge in [0.25, 0.3) is 0 Å². The van der Waals surface area contributed by atoms with E-state index in [1.165, 1.54) is 0 Å². The van der Waals surface area contributed by atoms with Gasteiger partial charge in [0.15, 0.2) is 25.5 Å². The van der Waals surface area contributed by atoms with Crippen molar-refractivity contribution < 1.29 is 14.1 Å². The first-order valence-corrected chi connectivity index (χ1v) is 7.12. The van der Waals surface area contributed by atoms with Crippen molar-refractivity contribution in [3.63, 3.8) is 0 Å². The molecular formula is C14H17N2O2S+. The van der Waals surface area contributed by atoms with Crippen molar-refractivity contribution in [3.8, 4) is 0 Å². The van der Waals surface area contributed by atoms with Gasteiger partial charge in [0.1, 0.15) is 0 Å². The van der Waals surface area contributed by atoms with Crippen LogP contribution in [0.15, 0.2) is 36.1 Å². The molecular weight excluding hydrogens is 260 g/mol. The van der Waals surface area contributed by atoms with Gasteiger partial charge in [0.05, 0.1) is 17.6 Å². The molecule has 0 spiro atoms. The third-order valence-electron chi connectivity index (χ3n) is 2.79. The molecule has 4 nitrogen and oxygen atoms in total. The molecule has 2 aromatic rings. The Labute approximate surface area is 116 Å². The van der Waals surface area contributed by atoms with Gasteiger partial charge in [-0.1, -0.05) is 6.07 Å². The topological polar surface area (TPSA) is 43.1 Å². The van der Waals surface area contributed by atoms with Gasteiger partial charge in [0, 0.05) is 17.0 Å². The molecule has 2 aromatic heterocycles. The normalized spacial score (nSPS) is 10.4. The maximum absolute atomic E-state index is 11.6. The molecule has 0 atom stereocenters.